The summed E-state index contributed by atoms with van der Waals surface area (Å²) in [5.74, 6) is 0.838. The zero-order valence-corrected chi connectivity index (χ0v) is 7.56. The molecule has 0 radical (unpaired) electrons. The van der Waals surface area contributed by atoms with Crippen LogP contribution in [0, 0.1) is 22.7 Å². The summed E-state index contributed by atoms with van der Waals surface area (Å²) < 4.78 is 0. The summed E-state index contributed by atoms with van der Waals surface area (Å²) in [7, 11) is 0. The van der Waals surface area contributed by atoms with Crippen LogP contribution in [-0.4, -0.2) is 0 Å². The Morgan fingerprint density at radius 3 is 2.36 bits per heavy atom. The summed E-state index contributed by atoms with van der Waals surface area (Å²) in [5, 5.41) is 8.80. The van der Waals surface area contributed by atoms with Gasteiger partial charge in [0.25, 0.3) is 0 Å². The first-order chi connectivity index (χ1) is 5.14. The molecule has 0 atom stereocenters. The normalized spacial score (nSPS) is 20.1. The maximum atomic E-state index is 8.80. The highest BCUT2D eigenvalue weighted by Gasteiger charge is 2.24. The maximum Gasteiger partial charge on any atom is 0.0684 e. The molecular weight excluding hydrogens is 134 g/mol. The Balaban J connectivity index is 2.35. The van der Waals surface area contributed by atoms with Crippen molar-refractivity contribution in [2.75, 3.05) is 0 Å². The third-order valence-electron chi connectivity index (χ3n) is 2.58. The van der Waals surface area contributed by atoms with Crippen LogP contribution in [0.2, 0.25) is 0 Å². The van der Waals surface area contributed by atoms with Gasteiger partial charge in [0.15, 0.2) is 0 Å². The van der Waals surface area contributed by atoms with E-state index in [1.807, 2.05) is 13.8 Å². The van der Waals surface area contributed by atoms with Crippen molar-refractivity contribution in [1.82, 2.24) is 0 Å². The molecule has 0 aromatic carbocycles. The van der Waals surface area contributed by atoms with Gasteiger partial charge in [-0.15, -0.1) is 0 Å². The number of nitrogens with zero attached hydrogens (tertiary/aromatic N) is 1. The molecule has 0 unspecified atom stereocenters. The molecule has 11 heavy (non-hydrogen) atoms. The highest BCUT2D eigenvalue weighted by Crippen LogP contribution is 2.34. The van der Waals surface area contributed by atoms with Gasteiger partial charge in [-0.1, -0.05) is 25.7 Å². The third kappa shape index (κ3) is 2.54. The molecular formula is C10H17N. The lowest BCUT2D eigenvalue weighted by atomic mass is 9.83. The zero-order valence-electron chi connectivity index (χ0n) is 7.56. The van der Waals surface area contributed by atoms with Gasteiger partial charge in [-0.05, 0) is 26.2 Å². The highest BCUT2D eigenvalue weighted by molar-refractivity contribution is 4.93. The zero-order chi connectivity index (χ0) is 8.32. The number of nitriles is 1. The average molecular weight is 151 g/mol. The predicted molar refractivity (Wildman–Crippen MR) is 46.0 cm³/mol. The molecule has 0 aromatic rings. The van der Waals surface area contributed by atoms with E-state index in [4.69, 9.17) is 5.26 Å². The van der Waals surface area contributed by atoms with Crippen molar-refractivity contribution in [1.29, 1.82) is 5.26 Å². The van der Waals surface area contributed by atoms with Crippen LogP contribution in [0.5, 0.6) is 0 Å². The smallest absolute Gasteiger partial charge is 0.0684 e. The fraction of sp³-hybridized carbons (Fsp3) is 0.900. The number of hydrogen-bond acceptors (Lipinski definition) is 1. The van der Waals surface area contributed by atoms with Gasteiger partial charge in [0.1, 0.15) is 0 Å². The first-order valence-corrected chi connectivity index (χ1v) is 4.55. The van der Waals surface area contributed by atoms with Crippen molar-refractivity contribution in [2.45, 2.75) is 46.0 Å². The van der Waals surface area contributed by atoms with Crippen molar-refractivity contribution in [3.05, 3.63) is 0 Å². The summed E-state index contributed by atoms with van der Waals surface area (Å²) in [4.78, 5) is 0. The van der Waals surface area contributed by atoms with Crippen molar-refractivity contribution in [3.8, 4) is 6.07 Å². The lowest BCUT2D eigenvalue weighted by molar-refractivity contribution is 0.345. The van der Waals surface area contributed by atoms with Crippen molar-refractivity contribution < 1.29 is 0 Å². The van der Waals surface area contributed by atoms with E-state index in [0.29, 0.717) is 0 Å². The second-order valence-electron chi connectivity index (χ2n) is 4.35. The Morgan fingerprint density at radius 2 is 1.91 bits per heavy atom. The van der Waals surface area contributed by atoms with Crippen molar-refractivity contribution in [3.63, 3.8) is 0 Å². The topological polar surface area (TPSA) is 23.8 Å². The lowest BCUT2D eigenvalue weighted by Gasteiger charge is -2.19. The molecule has 0 spiro atoms. The molecule has 0 N–H and O–H groups in total. The van der Waals surface area contributed by atoms with E-state index in [1.54, 1.807) is 0 Å². The van der Waals surface area contributed by atoms with E-state index in [9.17, 15) is 0 Å². The minimum atomic E-state index is -0.0883. The van der Waals surface area contributed by atoms with E-state index in [-0.39, 0.29) is 5.41 Å². The molecule has 1 aliphatic rings. The van der Waals surface area contributed by atoms with Gasteiger partial charge in [-0.2, -0.15) is 5.26 Å². The Labute approximate surface area is 69.4 Å². The van der Waals surface area contributed by atoms with Gasteiger partial charge >= 0.3 is 0 Å². The Hall–Kier alpha value is -0.510. The SMILES string of the molecule is CC(C)(C#N)CC1CCCC1. The van der Waals surface area contributed by atoms with Crippen LogP contribution in [0.25, 0.3) is 0 Å². The van der Waals surface area contributed by atoms with Crippen LogP contribution < -0.4 is 0 Å². The molecule has 1 heteroatoms. The second kappa shape index (κ2) is 3.26. The van der Waals surface area contributed by atoms with Gasteiger partial charge in [0.05, 0.1) is 11.5 Å². The summed E-state index contributed by atoms with van der Waals surface area (Å²) in [5.41, 5.74) is -0.0883. The van der Waals surface area contributed by atoms with Crippen LogP contribution in [0.4, 0.5) is 0 Å². The molecule has 1 saturated carbocycles. The quantitative estimate of drug-likeness (QED) is 0.595. The Morgan fingerprint density at radius 1 is 1.36 bits per heavy atom. The van der Waals surface area contributed by atoms with Crippen LogP contribution in [0.15, 0.2) is 0 Å². The Bertz CT molecular complexity index is 158. The molecule has 0 aromatic heterocycles. The van der Waals surface area contributed by atoms with Crippen LogP contribution in [0.3, 0.4) is 0 Å². The monoisotopic (exact) mass is 151 g/mol. The molecule has 0 heterocycles. The van der Waals surface area contributed by atoms with Gasteiger partial charge in [0, 0.05) is 0 Å². The van der Waals surface area contributed by atoms with Crippen LogP contribution >= 0.6 is 0 Å². The first kappa shape index (κ1) is 8.59. The molecule has 0 saturated heterocycles. The van der Waals surface area contributed by atoms with Crippen molar-refractivity contribution in [2.24, 2.45) is 11.3 Å². The molecule has 0 aliphatic heterocycles. The molecule has 1 rings (SSSR count). The minimum Gasteiger partial charge on any atom is -0.198 e. The maximum absolute atomic E-state index is 8.80. The molecule has 62 valence electrons. The fourth-order valence-electron chi connectivity index (χ4n) is 1.98. The predicted octanol–water partition coefficient (Wildman–Crippen LogP) is 3.12. The molecule has 0 amide bonds. The van der Waals surface area contributed by atoms with E-state index >= 15 is 0 Å². The van der Waals surface area contributed by atoms with E-state index < -0.39 is 0 Å². The first-order valence-electron chi connectivity index (χ1n) is 4.55. The third-order valence-corrected chi connectivity index (χ3v) is 2.58. The van der Waals surface area contributed by atoms with Gasteiger partial charge in [0.2, 0.25) is 0 Å². The minimum absolute atomic E-state index is 0.0883. The van der Waals surface area contributed by atoms with Crippen LogP contribution in [-0.2, 0) is 0 Å². The van der Waals surface area contributed by atoms with Crippen LogP contribution in [0.1, 0.15) is 46.0 Å². The van der Waals surface area contributed by atoms with Gasteiger partial charge < -0.3 is 0 Å². The summed E-state index contributed by atoms with van der Waals surface area (Å²) in [6, 6.07) is 2.37. The summed E-state index contributed by atoms with van der Waals surface area (Å²) in [6.45, 7) is 4.09. The highest BCUT2D eigenvalue weighted by atomic mass is 14.3. The summed E-state index contributed by atoms with van der Waals surface area (Å²) in [6.07, 6.45) is 6.57. The number of rotatable bonds is 2. The second-order valence-corrected chi connectivity index (χ2v) is 4.35. The lowest BCUT2D eigenvalue weighted by Crippen LogP contribution is -2.12. The molecule has 1 aliphatic carbocycles. The van der Waals surface area contributed by atoms with E-state index in [0.717, 1.165) is 12.3 Å². The standard InChI is InChI=1S/C10H17N/c1-10(2,8-11)7-9-5-3-4-6-9/h9H,3-7H2,1-2H3. The average Bonchev–Trinajstić information content (AvgIpc) is 2.39. The summed E-state index contributed by atoms with van der Waals surface area (Å²) >= 11 is 0. The largest absolute Gasteiger partial charge is 0.198 e. The molecule has 1 fully saturated rings. The van der Waals surface area contributed by atoms with Crippen molar-refractivity contribution >= 4 is 0 Å². The van der Waals surface area contributed by atoms with E-state index in [2.05, 4.69) is 6.07 Å². The Kier molecular flexibility index (Phi) is 2.54. The van der Waals surface area contributed by atoms with Gasteiger partial charge in [-0.3, -0.25) is 0 Å². The molecule has 0 bridgehead atoms. The van der Waals surface area contributed by atoms with E-state index in [1.165, 1.54) is 25.7 Å². The molecule has 1 nitrogen and oxygen atoms in total. The fourth-order valence-corrected chi connectivity index (χ4v) is 1.98. The van der Waals surface area contributed by atoms with Gasteiger partial charge in [-0.25, -0.2) is 0 Å². The number of hydrogen-bond donors (Lipinski definition) is 0.